The molecule has 1 aromatic heterocycles. The van der Waals surface area contributed by atoms with Crippen LogP contribution in [0, 0.1) is 5.82 Å². The van der Waals surface area contributed by atoms with Crippen molar-refractivity contribution in [3.05, 3.63) is 54.3 Å². The number of hydrogen-bond acceptors (Lipinski definition) is 7. The Labute approximate surface area is 181 Å². The Morgan fingerprint density at radius 2 is 2.00 bits per heavy atom. The summed E-state index contributed by atoms with van der Waals surface area (Å²) in [5.41, 5.74) is 0.893. The van der Waals surface area contributed by atoms with Crippen LogP contribution in [0.2, 0.25) is 0 Å². The molecule has 0 aliphatic carbocycles. The summed E-state index contributed by atoms with van der Waals surface area (Å²) in [7, 11) is 1.28. The highest BCUT2D eigenvalue weighted by Crippen LogP contribution is 2.31. The van der Waals surface area contributed by atoms with Gasteiger partial charge in [-0.1, -0.05) is 36.0 Å². The fourth-order valence-electron chi connectivity index (χ4n) is 3.36. The topological polar surface area (TPSA) is 68.7 Å². The number of likely N-dealkylation sites (tertiary alicyclic amines) is 1. The molecule has 1 saturated heterocycles. The summed E-state index contributed by atoms with van der Waals surface area (Å²) < 4.78 is 26.3. The van der Waals surface area contributed by atoms with Crippen LogP contribution in [0.4, 0.5) is 4.39 Å². The second kappa shape index (κ2) is 9.01. The predicted molar refractivity (Wildman–Crippen MR) is 113 cm³/mol. The minimum Gasteiger partial charge on any atom is -0.485 e. The van der Waals surface area contributed by atoms with Crippen molar-refractivity contribution in [1.82, 2.24) is 9.88 Å². The zero-order valence-corrected chi connectivity index (χ0v) is 17.7. The lowest BCUT2D eigenvalue weighted by Gasteiger charge is -2.21. The Kier molecular flexibility index (Phi) is 6.19. The van der Waals surface area contributed by atoms with Crippen LogP contribution < -0.4 is 4.74 Å². The second-order valence-electron chi connectivity index (χ2n) is 6.73. The zero-order valence-electron chi connectivity index (χ0n) is 16.1. The highest BCUT2D eigenvalue weighted by molar-refractivity contribution is 8.01. The van der Waals surface area contributed by atoms with Crippen molar-refractivity contribution in [3.8, 4) is 5.75 Å². The molecule has 0 bridgehead atoms. The maximum Gasteiger partial charge on any atom is 0.328 e. The first kappa shape index (κ1) is 20.6. The van der Waals surface area contributed by atoms with E-state index in [1.165, 1.54) is 47.2 Å². The molecule has 0 spiro atoms. The molecule has 0 unspecified atom stereocenters. The number of carbonyl (C=O) groups is 2. The highest BCUT2D eigenvalue weighted by atomic mass is 32.2. The lowest BCUT2D eigenvalue weighted by molar-refractivity contribution is -0.150. The number of nitrogens with zero attached hydrogens (tertiary/aromatic N) is 2. The van der Waals surface area contributed by atoms with Gasteiger partial charge in [-0.3, -0.25) is 4.79 Å². The number of thiazole rings is 1. The molecule has 9 heteroatoms. The quantitative estimate of drug-likeness (QED) is 0.424. The van der Waals surface area contributed by atoms with Crippen LogP contribution >= 0.6 is 23.1 Å². The number of aromatic nitrogens is 1. The van der Waals surface area contributed by atoms with E-state index in [1.54, 1.807) is 12.1 Å². The minimum absolute atomic E-state index is 0.101. The number of esters is 1. The molecule has 1 fully saturated rings. The summed E-state index contributed by atoms with van der Waals surface area (Å²) in [5.74, 6) is -0.963. The summed E-state index contributed by atoms with van der Waals surface area (Å²) in [6, 6.07) is 13.1. The second-order valence-corrected chi connectivity index (χ2v) is 8.98. The van der Waals surface area contributed by atoms with Gasteiger partial charge in [0.25, 0.3) is 0 Å². The van der Waals surface area contributed by atoms with Crippen LogP contribution in [0.15, 0.2) is 52.9 Å². The van der Waals surface area contributed by atoms with E-state index in [0.29, 0.717) is 0 Å². The number of benzene rings is 2. The van der Waals surface area contributed by atoms with Crippen LogP contribution in [0.5, 0.6) is 5.75 Å². The number of hydrogen-bond donors (Lipinski definition) is 0. The predicted octanol–water partition coefficient (Wildman–Crippen LogP) is 3.75. The third-order valence-electron chi connectivity index (χ3n) is 4.78. The number of thioether (sulfide) groups is 1. The maximum absolute atomic E-state index is 13.9. The number of para-hydroxylation sites is 2. The maximum atomic E-state index is 13.9. The molecule has 1 aliphatic heterocycles. The number of fused-ring (bicyclic) bond motifs is 1. The largest absolute Gasteiger partial charge is 0.485 e. The van der Waals surface area contributed by atoms with Crippen LogP contribution in [-0.2, 0) is 14.3 Å². The Morgan fingerprint density at radius 1 is 1.23 bits per heavy atom. The number of methoxy groups -OCH3 is 1. The fourth-order valence-corrected chi connectivity index (χ4v) is 5.31. The van der Waals surface area contributed by atoms with Crippen molar-refractivity contribution in [1.29, 1.82) is 0 Å². The van der Waals surface area contributed by atoms with Gasteiger partial charge in [-0.15, -0.1) is 11.3 Å². The molecular formula is C21H19FN2O4S2. The molecule has 2 heterocycles. The number of amides is 1. The molecule has 30 heavy (non-hydrogen) atoms. The third kappa shape index (κ3) is 4.41. The van der Waals surface area contributed by atoms with Gasteiger partial charge in [-0.2, -0.15) is 0 Å². The highest BCUT2D eigenvalue weighted by Gasteiger charge is 2.41. The van der Waals surface area contributed by atoms with Gasteiger partial charge in [0.15, 0.2) is 15.9 Å². The molecule has 1 amide bonds. The first-order chi connectivity index (χ1) is 14.5. The Morgan fingerprint density at radius 3 is 2.77 bits per heavy atom. The van der Waals surface area contributed by atoms with Crippen molar-refractivity contribution in [2.75, 3.05) is 19.4 Å². The van der Waals surface area contributed by atoms with Crippen molar-refractivity contribution in [2.45, 2.75) is 22.9 Å². The molecule has 3 aromatic rings. The molecule has 0 radical (unpaired) electrons. The Hall–Kier alpha value is -2.65. The van der Waals surface area contributed by atoms with E-state index in [0.717, 1.165) is 14.6 Å². The number of ether oxygens (including phenoxy) is 2. The van der Waals surface area contributed by atoms with Crippen molar-refractivity contribution in [3.63, 3.8) is 0 Å². The van der Waals surface area contributed by atoms with E-state index in [2.05, 4.69) is 4.98 Å². The average Bonchev–Trinajstić information content (AvgIpc) is 3.37. The number of carbonyl (C=O) groups excluding carboxylic acids is 2. The summed E-state index contributed by atoms with van der Waals surface area (Å²) in [6.07, 6.45) is -0.249. The van der Waals surface area contributed by atoms with Gasteiger partial charge >= 0.3 is 5.97 Å². The molecular weight excluding hydrogens is 427 g/mol. The molecule has 0 N–H and O–H groups in total. The van der Waals surface area contributed by atoms with Crippen molar-refractivity contribution in [2.24, 2.45) is 0 Å². The SMILES string of the molecule is COC(=O)[C@@H]1C[C@H](Oc2ccccc2F)CN1C(=O)CSc1nc2ccccc2s1. The summed E-state index contributed by atoms with van der Waals surface area (Å²) in [4.78, 5) is 31.1. The summed E-state index contributed by atoms with van der Waals surface area (Å²) in [5, 5.41) is 0. The van der Waals surface area contributed by atoms with Gasteiger partial charge in [0.1, 0.15) is 12.1 Å². The first-order valence-electron chi connectivity index (χ1n) is 9.32. The molecule has 4 rings (SSSR count). The third-order valence-corrected chi connectivity index (χ3v) is 6.94. The fraction of sp³-hybridized carbons (Fsp3) is 0.286. The first-order valence-corrected chi connectivity index (χ1v) is 11.1. The average molecular weight is 447 g/mol. The van der Waals surface area contributed by atoms with Gasteiger partial charge in [-0.25, -0.2) is 14.2 Å². The van der Waals surface area contributed by atoms with Crippen LogP contribution in [0.3, 0.4) is 0 Å². The van der Waals surface area contributed by atoms with E-state index in [4.69, 9.17) is 9.47 Å². The van der Waals surface area contributed by atoms with Gasteiger partial charge in [0, 0.05) is 6.42 Å². The lowest BCUT2D eigenvalue weighted by Crippen LogP contribution is -2.42. The van der Waals surface area contributed by atoms with Crippen molar-refractivity contribution >= 4 is 45.2 Å². The number of rotatable bonds is 6. The van der Waals surface area contributed by atoms with Gasteiger partial charge in [0.2, 0.25) is 5.91 Å². The number of halogens is 1. The van der Waals surface area contributed by atoms with Gasteiger partial charge in [-0.05, 0) is 24.3 Å². The zero-order chi connectivity index (χ0) is 21.1. The van der Waals surface area contributed by atoms with Crippen LogP contribution in [-0.4, -0.2) is 53.3 Å². The summed E-state index contributed by atoms with van der Waals surface area (Å²) >= 11 is 2.85. The Balaban J connectivity index is 1.43. The van der Waals surface area contributed by atoms with E-state index >= 15 is 0 Å². The molecule has 2 aromatic carbocycles. The summed E-state index contributed by atoms with van der Waals surface area (Å²) in [6.45, 7) is 0.188. The minimum atomic E-state index is -0.754. The molecule has 156 valence electrons. The van der Waals surface area contributed by atoms with E-state index in [1.807, 2.05) is 24.3 Å². The van der Waals surface area contributed by atoms with E-state index < -0.39 is 23.9 Å². The smallest absolute Gasteiger partial charge is 0.328 e. The monoisotopic (exact) mass is 446 g/mol. The molecule has 6 nitrogen and oxygen atoms in total. The van der Waals surface area contributed by atoms with Crippen LogP contribution in [0.25, 0.3) is 10.2 Å². The van der Waals surface area contributed by atoms with E-state index in [-0.39, 0.29) is 30.4 Å². The Bertz CT molecular complexity index is 1040. The standard InChI is InChI=1S/C21H19FN2O4S2/c1-27-20(26)16-10-13(28-17-8-4-2-6-14(17)22)11-24(16)19(25)12-29-21-23-15-7-3-5-9-18(15)30-21/h2-9,13,16H,10-12H2,1H3/t13-,16-/m0/s1. The van der Waals surface area contributed by atoms with E-state index in [9.17, 15) is 14.0 Å². The van der Waals surface area contributed by atoms with Gasteiger partial charge in [0.05, 0.1) is 29.6 Å². The molecule has 2 atom stereocenters. The molecule has 0 saturated carbocycles. The molecule has 1 aliphatic rings. The normalized spacial score (nSPS) is 18.5. The van der Waals surface area contributed by atoms with Crippen LogP contribution in [0.1, 0.15) is 6.42 Å². The lowest BCUT2D eigenvalue weighted by atomic mass is 10.2. The van der Waals surface area contributed by atoms with Gasteiger partial charge < -0.3 is 14.4 Å². The van der Waals surface area contributed by atoms with Crippen molar-refractivity contribution < 1.29 is 23.5 Å².